The highest BCUT2D eigenvalue weighted by Crippen LogP contribution is 2.46. The Balaban J connectivity index is 2.64. The van der Waals surface area contributed by atoms with Crippen LogP contribution in [0.3, 0.4) is 0 Å². The van der Waals surface area contributed by atoms with Gasteiger partial charge in [0.15, 0.2) is 0 Å². The van der Waals surface area contributed by atoms with Crippen LogP contribution in [-0.4, -0.2) is 23.8 Å². The fourth-order valence-corrected chi connectivity index (χ4v) is 2.56. The Morgan fingerprint density at radius 2 is 2.19 bits per heavy atom. The minimum atomic E-state index is -0.622. The molecule has 2 atom stereocenters. The van der Waals surface area contributed by atoms with E-state index < -0.39 is 11.4 Å². The summed E-state index contributed by atoms with van der Waals surface area (Å²) in [5.41, 5.74) is -0.705. The van der Waals surface area contributed by atoms with Gasteiger partial charge in [-0.2, -0.15) is 0 Å². The molecule has 94 valence electrons. The largest absolute Gasteiger partial charge is 0.481 e. The van der Waals surface area contributed by atoms with Gasteiger partial charge in [0.2, 0.25) is 0 Å². The summed E-state index contributed by atoms with van der Waals surface area (Å²) >= 11 is 0. The highest BCUT2D eigenvalue weighted by molar-refractivity contribution is 5.75. The Morgan fingerprint density at radius 1 is 1.56 bits per heavy atom. The molecule has 3 heteroatoms. The first-order valence-electron chi connectivity index (χ1n) is 6.10. The Kier molecular flexibility index (Phi) is 4.00. The minimum absolute atomic E-state index is 0.214. The smallest absolute Gasteiger partial charge is 0.309 e. The lowest BCUT2D eigenvalue weighted by Gasteiger charge is -2.30. The first kappa shape index (κ1) is 13.5. The van der Waals surface area contributed by atoms with E-state index in [2.05, 4.69) is 6.92 Å². The second-order valence-corrected chi connectivity index (χ2v) is 5.90. The molecule has 1 rings (SSSR count). The van der Waals surface area contributed by atoms with Gasteiger partial charge in [-0.3, -0.25) is 4.79 Å². The molecule has 0 bridgehead atoms. The minimum Gasteiger partial charge on any atom is -0.481 e. The van der Waals surface area contributed by atoms with Crippen LogP contribution in [0.25, 0.3) is 0 Å². The van der Waals surface area contributed by atoms with Crippen molar-refractivity contribution >= 4 is 5.97 Å². The van der Waals surface area contributed by atoms with E-state index in [0.29, 0.717) is 5.92 Å². The molecule has 1 saturated carbocycles. The zero-order valence-corrected chi connectivity index (χ0v) is 10.9. The number of carboxylic acids is 1. The topological polar surface area (TPSA) is 46.5 Å². The predicted octanol–water partition coefficient (Wildman–Crippen LogP) is 3.08. The molecule has 1 N–H and O–H groups in total. The average molecular weight is 228 g/mol. The van der Waals surface area contributed by atoms with Gasteiger partial charge in [-0.1, -0.05) is 6.92 Å². The van der Waals surface area contributed by atoms with E-state index in [1.165, 1.54) is 0 Å². The molecule has 3 nitrogen and oxygen atoms in total. The van der Waals surface area contributed by atoms with E-state index in [0.717, 1.165) is 32.1 Å². The standard InChI is InChI=1S/C13H24O3/c1-10-5-6-13(9-10,11(14)15)8-7-12(2,3)16-4/h10H,5-9H2,1-4H3,(H,14,15). The van der Waals surface area contributed by atoms with Gasteiger partial charge in [-0.15, -0.1) is 0 Å². The van der Waals surface area contributed by atoms with Gasteiger partial charge in [0.25, 0.3) is 0 Å². The molecule has 0 saturated heterocycles. The Bertz CT molecular complexity index is 260. The highest BCUT2D eigenvalue weighted by Gasteiger charge is 2.44. The number of hydrogen-bond acceptors (Lipinski definition) is 2. The number of carbonyl (C=O) groups is 1. The number of rotatable bonds is 5. The molecule has 0 aromatic rings. The molecule has 2 unspecified atom stereocenters. The van der Waals surface area contributed by atoms with Crippen LogP contribution >= 0.6 is 0 Å². The Hall–Kier alpha value is -0.570. The maximum absolute atomic E-state index is 11.4. The molecular formula is C13H24O3. The average Bonchev–Trinajstić information content (AvgIpc) is 2.59. The summed E-state index contributed by atoms with van der Waals surface area (Å²) < 4.78 is 5.36. The molecule has 0 amide bonds. The summed E-state index contributed by atoms with van der Waals surface area (Å²) in [6.45, 7) is 6.17. The third-order valence-electron chi connectivity index (χ3n) is 4.07. The quantitative estimate of drug-likeness (QED) is 0.786. The number of aliphatic carboxylic acids is 1. The number of methoxy groups -OCH3 is 1. The molecule has 0 radical (unpaired) electrons. The monoisotopic (exact) mass is 228 g/mol. The fourth-order valence-electron chi connectivity index (χ4n) is 2.56. The summed E-state index contributed by atoms with van der Waals surface area (Å²) in [6.07, 6.45) is 4.22. The molecule has 0 aliphatic heterocycles. The number of carboxylic acid groups (broad SMARTS) is 1. The Labute approximate surface area is 98.2 Å². The van der Waals surface area contributed by atoms with Crippen LogP contribution in [0, 0.1) is 11.3 Å². The first-order chi connectivity index (χ1) is 7.31. The zero-order chi connectivity index (χ0) is 12.4. The highest BCUT2D eigenvalue weighted by atomic mass is 16.5. The molecule has 0 aromatic carbocycles. The van der Waals surface area contributed by atoms with Crippen LogP contribution in [0.5, 0.6) is 0 Å². The van der Waals surface area contributed by atoms with Gasteiger partial charge in [0, 0.05) is 7.11 Å². The second kappa shape index (κ2) is 4.74. The number of hydrogen-bond donors (Lipinski definition) is 1. The zero-order valence-electron chi connectivity index (χ0n) is 10.9. The van der Waals surface area contributed by atoms with Gasteiger partial charge >= 0.3 is 5.97 Å². The van der Waals surface area contributed by atoms with Crippen molar-refractivity contribution in [1.29, 1.82) is 0 Å². The summed E-state index contributed by atoms with van der Waals surface area (Å²) in [7, 11) is 1.69. The van der Waals surface area contributed by atoms with Crippen molar-refractivity contribution < 1.29 is 14.6 Å². The van der Waals surface area contributed by atoms with Gasteiger partial charge in [-0.05, 0) is 51.9 Å². The normalized spacial score (nSPS) is 30.6. The van der Waals surface area contributed by atoms with Crippen LogP contribution in [0.15, 0.2) is 0 Å². The lowest BCUT2D eigenvalue weighted by Crippen LogP contribution is -2.32. The van der Waals surface area contributed by atoms with E-state index in [4.69, 9.17) is 4.74 Å². The molecule has 0 heterocycles. The molecule has 16 heavy (non-hydrogen) atoms. The van der Waals surface area contributed by atoms with E-state index in [-0.39, 0.29) is 5.60 Å². The third kappa shape index (κ3) is 2.97. The molecule has 0 spiro atoms. The molecule has 1 aliphatic carbocycles. The van der Waals surface area contributed by atoms with Crippen molar-refractivity contribution in [3.05, 3.63) is 0 Å². The molecular weight excluding hydrogens is 204 g/mol. The lowest BCUT2D eigenvalue weighted by atomic mass is 9.78. The SMILES string of the molecule is COC(C)(C)CCC1(C(=O)O)CCC(C)C1. The first-order valence-corrected chi connectivity index (χ1v) is 6.10. The van der Waals surface area contributed by atoms with Gasteiger partial charge in [-0.25, -0.2) is 0 Å². The summed E-state index contributed by atoms with van der Waals surface area (Å²) in [6, 6.07) is 0. The summed E-state index contributed by atoms with van der Waals surface area (Å²) in [4.78, 5) is 11.4. The van der Waals surface area contributed by atoms with Gasteiger partial charge < -0.3 is 9.84 Å². The van der Waals surface area contributed by atoms with Crippen molar-refractivity contribution in [2.75, 3.05) is 7.11 Å². The van der Waals surface area contributed by atoms with E-state index in [9.17, 15) is 9.90 Å². The van der Waals surface area contributed by atoms with Crippen LogP contribution in [0.1, 0.15) is 52.9 Å². The van der Waals surface area contributed by atoms with Crippen molar-refractivity contribution in [3.63, 3.8) is 0 Å². The van der Waals surface area contributed by atoms with Crippen LogP contribution < -0.4 is 0 Å². The third-order valence-corrected chi connectivity index (χ3v) is 4.07. The Morgan fingerprint density at radius 3 is 2.56 bits per heavy atom. The van der Waals surface area contributed by atoms with Crippen molar-refractivity contribution in [2.24, 2.45) is 11.3 Å². The molecule has 1 fully saturated rings. The van der Waals surface area contributed by atoms with Crippen molar-refractivity contribution in [3.8, 4) is 0 Å². The van der Waals surface area contributed by atoms with E-state index in [1.807, 2.05) is 13.8 Å². The number of ether oxygens (including phenoxy) is 1. The molecule has 1 aliphatic rings. The van der Waals surface area contributed by atoms with Gasteiger partial charge in [0.1, 0.15) is 0 Å². The maximum Gasteiger partial charge on any atom is 0.309 e. The van der Waals surface area contributed by atoms with Crippen LogP contribution in [0.2, 0.25) is 0 Å². The van der Waals surface area contributed by atoms with E-state index >= 15 is 0 Å². The van der Waals surface area contributed by atoms with Gasteiger partial charge in [0.05, 0.1) is 11.0 Å². The van der Waals surface area contributed by atoms with Crippen LogP contribution in [-0.2, 0) is 9.53 Å². The van der Waals surface area contributed by atoms with Crippen LogP contribution in [0.4, 0.5) is 0 Å². The van der Waals surface area contributed by atoms with Crippen molar-refractivity contribution in [1.82, 2.24) is 0 Å². The lowest BCUT2D eigenvalue weighted by molar-refractivity contribution is -0.150. The van der Waals surface area contributed by atoms with Crippen molar-refractivity contribution in [2.45, 2.75) is 58.5 Å². The summed E-state index contributed by atoms with van der Waals surface area (Å²) in [5.74, 6) is -0.0782. The summed E-state index contributed by atoms with van der Waals surface area (Å²) in [5, 5.41) is 9.41. The predicted molar refractivity (Wildman–Crippen MR) is 63.4 cm³/mol. The second-order valence-electron chi connectivity index (χ2n) is 5.90. The maximum atomic E-state index is 11.4. The fraction of sp³-hybridized carbons (Fsp3) is 0.923. The van der Waals surface area contributed by atoms with E-state index in [1.54, 1.807) is 7.11 Å². The molecule has 0 aromatic heterocycles.